The maximum absolute atomic E-state index is 13.1. The summed E-state index contributed by atoms with van der Waals surface area (Å²) in [6.07, 6.45) is 7.92. The van der Waals surface area contributed by atoms with Crippen LogP contribution in [0.1, 0.15) is 25.3 Å². The molecule has 2 aliphatic rings. The molecule has 0 spiro atoms. The van der Waals surface area contributed by atoms with Crippen LogP contribution in [0.3, 0.4) is 0 Å². The second kappa shape index (κ2) is 12.1. The van der Waals surface area contributed by atoms with Gasteiger partial charge in [-0.2, -0.15) is 5.10 Å². The summed E-state index contributed by atoms with van der Waals surface area (Å²) in [4.78, 5) is 26.0. The number of rotatable bonds is 8. The number of carbonyl (C=O) groups is 1. The molecule has 6 rings (SSSR count). The summed E-state index contributed by atoms with van der Waals surface area (Å²) < 4.78 is 13.4. The highest BCUT2D eigenvalue weighted by Crippen LogP contribution is 2.35. The van der Waals surface area contributed by atoms with Crippen LogP contribution in [0.4, 0.5) is 5.82 Å². The molecule has 2 unspecified atom stereocenters. The molecule has 41 heavy (non-hydrogen) atoms. The molecule has 2 aromatic heterocycles. The number of fused-ring (bicyclic) bond motifs is 1. The van der Waals surface area contributed by atoms with Crippen LogP contribution in [0.15, 0.2) is 73.1 Å². The second-order valence-corrected chi connectivity index (χ2v) is 10.6. The number of benzene rings is 2. The number of para-hydroxylation sites is 1. The number of anilines is 1. The molecule has 4 aromatic rings. The van der Waals surface area contributed by atoms with Crippen LogP contribution in [0.2, 0.25) is 0 Å². The van der Waals surface area contributed by atoms with E-state index in [1.165, 1.54) is 6.33 Å². The summed E-state index contributed by atoms with van der Waals surface area (Å²) in [6, 6.07) is 17.8. The van der Waals surface area contributed by atoms with E-state index in [0.717, 1.165) is 62.6 Å². The lowest BCUT2D eigenvalue weighted by Gasteiger charge is -2.32. The minimum absolute atomic E-state index is 0.0191. The van der Waals surface area contributed by atoms with E-state index >= 15 is 0 Å². The molecule has 0 saturated carbocycles. The molecule has 0 radical (unpaired) electrons. The van der Waals surface area contributed by atoms with Gasteiger partial charge in [-0.1, -0.05) is 24.3 Å². The van der Waals surface area contributed by atoms with Gasteiger partial charge in [0.05, 0.1) is 18.0 Å². The summed E-state index contributed by atoms with van der Waals surface area (Å²) in [5.41, 5.74) is 8.63. The van der Waals surface area contributed by atoms with E-state index in [-0.39, 0.29) is 11.9 Å². The number of carbonyl (C=O) groups excluding carboxylic acids is 1. The van der Waals surface area contributed by atoms with Crippen LogP contribution in [0.25, 0.3) is 22.3 Å². The topological polar surface area (TPSA) is 112 Å². The standard InChI is InChI=1S/C31H35N7O3/c1-36(24-15-18-40-20-24)16-6-10-27(39)37-17-5-7-23(19-37)38-31-28(30(32)33-21-34-31)29(35-38)22-11-13-26(14-12-22)41-25-8-3-2-4-9-25/h2-4,6,8-14,21,23-24H,5,7,15-20H2,1H3,(H2,32,33,34). The lowest BCUT2D eigenvalue weighted by atomic mass is 10.1. The van der Waals surface area contributed by atoms with E-state index < -0.39 is 0 Å². The zero-order valence-corrected chi connectivity index (χ0v) is 23.2. The summed E-state index contributed by atoms with van der Waals surface area (Å²) in [5.74, 6) is 1.90. The number of nitrogens with zero attached hydrogens (tertiary/aromatic N) is 6. The number of piperidine rings is 1. The van der Waals surface area contributed by atoms with E-state index in [1.807, 2.05) is 70.3 Å². The van der Waals surface area contributed by atoms with Crippen molar-refractivity contribution in [2.24, 2.45) is 0 Å². The normalized spacial score (nSPS) is 19.4. The molecule has 2 saturated heterocycles. The van der Waals surface area contributed by atoms with Crippen molar-refractivity contribution in [2.45, 2.75) is 31.3 Å². The number of hydrogen-bond acceptors (Lipinski definition) is 8. The van der Waals surface area contributed by atoms with Gasteiger partial charge in [-0.15, -0.1) is 0 Å². The zero-order valence-electron chi connectivity index (χ0n) is 23.2. The number of nitrogens with two attached hydrogens (primary N) is 1. The lowest BCUT2D eigenvalue weighted by Crippen LogP contribution is -2.40. The number of likely N-dealkylation sites (N-methyl/N-ethyl adjacent to an activating group) is 1. The van der Waals surface area contributed by atoms with Crippen LogP contribution in [0, 0.1) is 0 Å². The fourth-order valence-electron chi connectivity index (χ4n) is 5.56. The second-order valence-electron chi connectivity index (χ2n) is 10.6. The van der Waals surface area contributed by atoms with E-state index in [4.69, 9.17) is 20.3 Å². The molecule has 2 N–H and O–H groups in total. The highest BCUT2D eigenvalue weighted by Gasteiger charge is 2.28. The Kier molecular flexibility index (Phi) is 7.93. The third-order valence-electron chi connectivity index (χ3n) is 7.86. The summed E-state index contributed by atoms with van der Waals surface area (Å²) in [6.45, 7) is 3.56. The first-order valence-electron chi connectivity index (χ1n) is 14.1. The molecule has 2 fully saturated rings. The van der Waals surface area contributed by atoms with Crippen molar-refractivity contribution < 1.29 is 14.3 Å². The Morgan fingerprint density at radius 2 is 1.93 bits per heavy atom. The largest absolute Gasteiger partial charge is 0.457 e. The zero-order chi connectivity index (χ0) is 28.2. The van der Waals surface area contributed by atoms with E-state index in [9.17, 15) is 4.79 Å². The first kappa shape index (κ1) is 26.9. The Bertz CT molecular complexity index is 1510. The molecule has 4 heterocycles. The Morgan fingerprint density at radius 1 is 1.12 bits per heavy atom. The van der Waals surface area contributed by atoms with Crippen LogP contribution in [-0.4, -0.2) is 81.4 Å². The van der Waals surface area contributed by atoms with Gasteiger partial charge in [0.15, 0.2) is 5.65 Å². The number of aromatic nitrogens is 4. The summed E-state index contributed by atoms with van der Waals surface area (Å²) >= 11 is 0. The molecule has 0 aliphatic carbocycles. The number of hydrogen-bond donors (Lipinski definition) is 1. The van der Waals surface area contributed by atoms with Gasteiger partial charge in [0.25, 0.3) is 0 Å². The van der Waals surface area contributed by atoms with Crippen molar-refractivity contribution in [2.75, 3.05) is 45.6 Å². The molecule has 10 heteroatoms. The number of nitrogen functional groups attached to an aromatic ring is 1. The molecular weight excluding hydrogens is 518 g/mol. The Labute approximate surface area is 239 Å². The molecule has 2 aliphatic heterocycles. The molecule has 1 amide bonds. The third-order valence-corrected chi connectivity index (χ3v) is 7.86. The first-order valence-corrected chi connectivity index (χ1v) is 14.1. The first-order chi connectivity index (χ1) is 20.1. The van der Waals surface area contributed by atoms with Crippen molar-refractivity contribution in [1.82, 2.24) is 29.5 Å². The van der Waals surface area contributed by atoms with Gasteiger partial charge in [-0.05, 0) is 62.7 Å². The van der Waals surface area contributed by atoms with Crippen molar-refractivity contribution >= 4 is 22.8 Å². The summed E-state index contributed by atoms with van der Waals surface area (Å²) in [5, 5.41) is 5.71. The van der Waals surface area contributed by atoms with Crippen molar-refractivity contribution in [3.8, 4) is 22.8 Å². The predicted octanol–water partition coefficient (Wildman–Crippen LogP) is 4.31. The maximum Gasteiger partial charge on any atom is 0.246 e. The van der Waals surface area contributed by atoms with Gasteiger partial charge < -0.3 is 20.1 Å². The quantitative estimate of drug-likeness (QED) is 0.322. The average Bonchev–Trinajstić information content (AvgIpc) is 3.68. The van der Waals surface area contributed by atoms with Gasteiger partial charge >= 0.3 is 0 Å². The lowest BCUT2D eigenvalue weighted by molar-refractivity contribution is -0.127. The third kappa shape index (κ3) is 5.94. The molecular formula is C31H35N7O3. The number of amides is 1. The monoisotopic (exact) mass is 553 g/mol. The van der Waals surface area contributed by atoms with Crippen molar-refractivity contribution in [3.63, 3.8) is 0 Å². The van der Waals surface area contributed by atoms with Crippen molar-refractivity contribution in [3.05, 3.63) is 73.1 Å². The van der Waals surface area contributed by atoms with E-state index in [1.54, 1.807) is 6.08 Å². The smallest absolute Gasteiger partial charge is 0.246 e. The number of likely N-dealkylation sites (tertiary alicyclic amines) is 1. The molecule has 2 atom stereocenters. The summed E-state index contributed by atoms with van der Waals surface area (Å²) in [7, 11) is 2.07. The number of ether oxygens (including phenoxy) is 2. The maximum atomic E-state index is 13.1. The van der Waals surface area contributed by atoms with E-state index in [0.29, 0.717) is 35.1 Å². The molecule has 2 aromatic carbocycles. The Balaban J connectivity index is 1.20. The fourth-order valence-corrected chi connectivity index (χ4v) is 5.56. The molecule has 0 bridgehead atoms. The Hall–Kier alpha value is -4.28. The average molecular weight is 554 g/mol. The highest BCUT2D eigenvalue weighted by molar-refractivity contribution is 5.98. The van der Waals surface area contributed by atoms with Crippen LogP contribution >= 0.6 is 0 Å². The van der Waals surface area contributed by atoms with Crippen molar-refractivity contribution in [1.29, 1.82) is 0 Å². The van der Waals surface area contributed by atoms with Gasteiger partial charge in [-0.3, -0.25) is 9.69 Å². The predicted molar refractivity (Wildman–Crippen MR) is 158 cm³/mol. The fraction of sp³-hybridized carbons (Fsp3) is 0.355. The SMILES string of the molecule is CN(CC=CC(=O)N1CCCC(n2nc(-c3ccc(Oc4ccccc4)cc3)c3c(N)ncnc32)C1)C1CCOC1. The minimum atomic E-state index is -0.0225. The van der Waals surface area contributed by atoms with Gasteiger partial charge in [0.1, 0.15) is 29.3 Å². The molecule has 212 valence electrons. The van der Waals surface area contributed by atoms with Gasteiger partial charge in [0.2, 0.25) is 5.91 Å². The highest BCUT2D eigenvalue weighted by atomic mass is 16.5. The van der Waals surface area contributed by atoms with Crippen LogP contribution in [-0.2, 0) is 9.53 Å². The minimum Gasteiger partial charge on any atom is -0.457 e. The molecule has 10 nitrogen and oxygen atoms in total. The Morgan fingerprint density at radius 3 is 2.71 bits per heavy atom. The van der Waals surface area contributed by atoms with E-state index in [2.05, 4.69) is 21.9 Å². The van der Waals surface area contributed by atoms with Crippen LogP contribution in [0.5, 0.6) is 11.5 Å². The van der Waals surface area contributed by atoms with Gasteiger partial charge in [-0.25, -0.2) is 14.6 Å². The van der Waals surface area contributed by atoms with Crippen LogP contribution < -0.4 is 10.5 Å². The van der Waals surface area contributed by atoms with Gasteiger partial charge in [0, 0.05) is 43.9 Å².